The van der Waals surface area contributed by atoms with E-state index >= 15 is 0 Å². The lowest BCUT2D eigenvalue weighted by atomic mass is 9.91. The quantitative estimate of drug-likeness (QED) is 0.331. The summed E-state index contributed by atoms with van der Waals surface area (Å²) in [6, 6.07) is 21.2. The summed E-state index contributed by atoms with van der Waals surface area (Å²) < 4.78 is 66.1. The molecule has 0 aromatic heterocycles. The number of hydrogen-bond acceptors (Lipinski definition) is 7. The summed E-state index contributed by atoms with van der Waals surface area (Å²) in [7, 11) is 2.39. The zero-order valence-corrected chi connectivity index (χ0v) is 20.3. The molecule has 0 aliphatic carbocycles. The van der Waals surface area contributed by atoms with Crippen molar-refractivity contribution in [1.29, 1.82) is 0 Å². The summed E-state index contributed by atoms with van der Waals surface area (Å²) in [5.74, 6) is -2.96. The molecule has 2 unspecified atom stereocenters. The van der Waals surface area contributed by atoms with Crippen LogP contribution in [0.2, 0.25) is 0 Å². The maximum Gasteiger partial charge on any atom is 0.490 e. The van der Waals surface area contributed by atoms with Crippen molar-refractivity contribution in [2.45, 2.75) is 31.4 Å². The summed E-state index contributed by atoms with van der Waals surface area (Å²) in [5.41, 5.74) is -1.30. The number of methoxy groups -OCH3 is 2. The molecular weight excluding hydrogens is 493 g/mol. The van der Waals surface area contributed by atoms with Crippen molar-refractivity contribution in [3.8, 4) is 17.2 Å². The average Bonchev–Trinajstić information content (AvgIpc) is 2.90. The molecule has 0 heterocycles. The summed E-state index contributed by atoms with van der Waals surface area (Å²) in [6.07, 6.45) is -7.18. The van der Waals surface area contributed by atoms with Gasteiger partial charge in [-0.15, -0.1) is 0 Å². The molecule has 0 radical (unpaired) electrons. The van der Waals surface area contributed by atoms with E-state index in [0.717, 1.165) is 12.7 Å². The first-order chi connectivity index (χ1) is 17.6. The van der Waals surface area contributed by atoms with Crippen molar-refractivity contribution in [2.75, 3.05) is 14.2 Å². The van der Waals surface area contributed by atoms with Crippen molar-refractivity contribution in [3.05, 3.63) is 90.0 Å². The van der Waals surface area contributed by atoms with Crippen molar-refractivity contribution in [3.63, 3.8) is 0 Å². The Morgan fingerprint density at radius 2 is 1.41 bits per heavy atom. The maximum absolute atomic E-state index is 13.2. The Kier molecular flexibility index (Phi) is 8.65. The molecule has 7 nitrogen and oxygen atoms in total. The van der Waals surface area contributed by atoms with Gasteiger partial charge in [0.15, 0.2) is 17.6 Å². The molecule has 3 aromatic carbocycles. The number of rotatable bonds is 10. The topological polar surface area (TPSA) is 80.3 Å². The molecule has 0 N–H and O–H groups in total. The van der Waals surface area contributed by atoms with Crippen LogP contribution in [-0.2, 0) is 25.7 Å². The van der Waals surface area contributed by atoms with E-state index in [4.69, 9.17) is 23.7 Å². The summed E-state index contributed by atoms with van der Waals surface area (Å²) in [4.78, 5) is 24.8. The number of esters is 2. The lowest BCUT2D eigenvalue weighted by molar-refractivity contribution is -0.216. The zero-order valence-electron chi connectivity index (χ0n) is 20.3. The predicted octanol–water partition coefficient (Wildman–Crippen LogP) is 5.43. The van der Waals surface area contributed by atoms with Crippen molar-refractivity contribution in [1.82, 2.24) is 0 Å². The molecule has 3 aromatic rings. The van der Waals surface area contributed by atoms with Crippen LogP contribution in [0.4, 0.5) is 13.2 Å². The van der Waals surface area contributed by atoms with Gasteiger partial charge in [-0.2, -0.15) is 13.2 Å². The minimum absolute atomic E-state index is 0.0220. The summed E-state index contributed by atoms with van der Waals surface area (Å²) >= 11 is 0. The van der Waals surface area contributed by atoms with Gasteiger partial charge in [-0.25, -0.2) is 9.59 Å². The fourth-order valence-corrected chi connectivity index (χ4v) is 3.49. The first kappa shape index (κ1) is 27.4. The van der Waals surface area contributed by atoms with Gasteiger partial charge < -0.3 is 23.7 Å². The SMILES string of the molecule is COC(=O)C(C)(Oc1ccccc1OC)C(OC(=O)C(F)(F)F)c1ccc(OCc2ccccc2)cc1. The zero-order chi connectivity index (χ0) is 27.1. The standard InChI is InChI=1S/C27H25F3O7/c1-26(24(31)34-3,37-22-12-8-7-11-21(22)33-2)23(36-25(32)27(28,29)30)19-13-15-20(16-14-19)35-17-18-9-5-4-6-10-18/h4-16,23H,17H2,1-3H3. The van der Waals surface area contributed by atoms with Crippen LogP contribution in [0.3, 0.4) is 0 Å². The predicted molar refractivity (Wildman–Crippen MR) is 126 cm³/mol. The highest BCUT2D eigenvalue weighted by molar-refractivity contribution is 5.82. The lowest BCUT2D eigenvalue weighted by Gasteiger charge is -2.35. The Hall–Kier alpha value is -4.21. The molecule has 10 heteroatoms. The number of hydrogen-bond donors (Lipinski definition) is 0. The van der Waals surface area contributed by atoms with Gasteiger partial charge in [0.2, 0.25) is 5.60 Å². The Bertz CT molecular complexity index is 1200. The molecule has 37 heavy (non-hydrogen) atoms. The Labute approximate surface area is 211 Å². The van der Waals surface area contributed by atoms with E-state index in [1.54, 1.807) is 12.1 Å². The molecule has 2 atom stereocenters. The van der Waals surface area contributed by atoms with Crippen molar-refractivity contribution < 1.29 is 46.4 Å². The third-order valence-electron chi connectivity index (χ3n) is 5.37. The van der Waals surface area contributed by atoms with Gasteiger partial charge in [-0.1, -0.05) is 54.6 Å². The number of carbonyl (C=O) groups excluding carboxylic acids is 2. The second-order valence-electron chi connectivity index (χ2n) is 7.98. The van der Waals surface area contributed by atoms with Gasteiger partial charge in [0.1, 0.15) is 12.4 Å². The molecular formula is C27H25F3O7. The smallest absolute Gasteiger partial charge is 0.490 e. The number of benzene rings is 3. The van der Waals surface area contributed by atoms with Crippen molar-refractivity contribution in [2.24, 2.45) is 0 Å². The first-order valence-electron chi connectivity index (χ1n) is 11.0. The second kappa shape index (κ2) is 11.7. The molecule has 0 spiro atoms. The number of halogens is 3. The second-order valence-corrected chi connectivity index (χ2v) is 7.98. The van der Waals surface area contributed by atoms with Crippen LogP contribution in [0.1, 0.15) is 24.2 Å². The normalized spacial score (nSPS) is 13.6. The van der Waals surface area contributed by atoms with Crippen LogP contribution >= 0.6 is 0 Å². The molecule has 196 valence electrons. The third-order valence-corrected chi connectivity index (χ3v) is 5.37. The highest BCUT2D eigenvalue weighted by atomic mass is 19.4. The van der Waals surface area contributed by atoms with Crippen LogP contribution in [0, 0.1) is 0 Å². The fraction of sp³-hybridized carbons (Fsp3) is 0.259. The number of alkyl halides is 3. The van der Waals surface area contributed by atoms with E-state index in [1.807, 2.05) is 30.3 Å². The molecule has 0 bridgehead atoms. The number of carbonyl (C=O) groups is 2. The highest BCUT2D eigenvalue weighted by Gasteiger charge is 2.52. The molecule has 0 saturated carbocycles. The molecule has 0 saturated heterocycles. The van der Waals surface area contributed by atoms with Crippen LogP contribution < -0.4 is 14.2 Å². The van der Waals surface area contributed by atoms with E-state index in [9.17, 15) is 22.8 Å². The summed E-state index contributed by atoms with van der Waals surface area (Å²) in [5, 5.41) is 0. The van der Waals surface area contributed by atoms with Crippen molar-refractivity contribution >= 4 is 11.9 Å². The van der Waals surface area contributed by atoms with Gasteiger partial charge in [-0.3, -0.25) is 0 Å². The maximum atomic E-state index is 13.2. The van der Waals surface area contributed by atoms with E-state index in [0.29, 0.717) is 5.75 Å². The monoisotopic (exact) mass is 518 g/mol. The molecule has 0 fully saturated rings. The van der Waals surface area contributed by atoms with Gasteiger partial charge in [0, 0.05) is 0 Å². The Morgan fingerprint density at radius 3 is 1.97 bits per heavy atom. The number of ether oxygens (including phenoxy) is 5. The van der Waals surface area contributed by atoms with Crippen LogP contribution in [0.25, 0.3) is 0 Å². The van der Waals surface area contributed by atoms with Crippen LogP contribution in [-0.4, -0.2) is 37.9 Å². The van der Waals surface area contributed by atoms with Crippen LogP contribution in [0.5, 0.6) is 17.2 Å². The minimum Gasteiger partial charge on any atom is -0.493 e. The van der Waals surface area contributed by atoms with E-state index in [1.165, 1.54) is 50.4 Å². The Morgan fingerprint density at radius 1 is 0.811 bits per heavy atom. The third kappa shape index (κ3) is 6.72. The lowest BCUT2D eigenvalue weighted by Crippen LogP contribution is -2.50. The minimum atomic E-state index is -5.32. The highest BCUT2D eigenvalue weighted by Crippen LogP contribution is 2.40. The summed E-state index contributed by atoms with van der Waals surface area (Å²) in [6.45, 7) is 1.42. The van der Waals surface area contributed by atoms with E-state index in [2.05, 4.69) is 0 Å². The van der Waals surface area contributed by atoms with E-state index < -0.39 is 29.8 Å². The Balaban J connectivity index is 1.98. The largest absolute Gasteiger partial charge is 0.493 e. The first-order valence-corrected chi connectivity index (χ1v) is 11.0. The van der Waals surface area contributed by atoms with E-state index in [-0.39, 0.29) is 23.7 Å². The molecule has 0 aliphatic heterocycles. The fourth-order valence-electron chi connectivity index (χ4n) is 3.49. The molecule has 3 rings (SSSR count). The molecule has 0 aliphatic rings. The number of para-hydroxylation sites is 2. The van der Waals surface area contributed by atoms with Gasteiger partial charge in [0.25, 0.3) is 0 Å². The average molecular weight is 518 g/mol. The van der Waals surface area contributed by atoms with Gasteiger partial charge in [0.05, 0.1) is 14.2 Å². The van der Waals surface area contributed by atoms with Gasteiger partial charge in [-0.05, 0) is 42.3 Å². The molecule has 0 amide bonds. The van der Waals surface area contributed by atoms with Crippen LogP contribution in [0.15, 0.2) is 78.9 Å². The van der Waals surface area contributed by atoms with Gasteiger partial charge >= 0.3 is 18.1 Å².